The van der Waals surface area contributed by atoms with Gasteiger partial charge in [-0.1, -0.05) is 42.5 Å². The van der Waals surface area contributed by atoms with Crippen molar-refractivity contribution in [2.45, 2.75) is 38.3 Å². The lowest BCUT2D eigenvalue weighted by Gasteiger charge is -2.32. The lowest BCUT2D eigenvalue weighted by Crippen LogP contribution is -2.44. The van der Waals surface area contributed by atoms with E-state index in [1.165, 1.54) is 5.56 Å². The molecule has 29 heavy (non-hydrogen) atoms. The van der Waals surface area contributed by atoms with Gasteiger partial charge in [0.25, 0.3) is 5.56 Å². The number of piperidine rings is 1. The molecule has 0 spiro atoms. The Kier molecular flexibility index (Phi) is 6.00. The standard InChI is InChI=1S/C23H26N4O2/c28-22(11-10-17-6-2-1-3-7-17)24-18-12-14-27(15-13-18)16-21-25-20-9-5-4-8-19(20)23(29)26-21/h1-9,18H,10-16H2,(H,24,28)(H,25,26,29). The Morgan fingerprint density at radius 2 is 1.79 bits per heavy atom. The van der Waals surface area contributed by atoms with E-state index in [-0.39, 0.29) is 17.5 Å². The second-order valence-corrected chi connectivity index (χ2v) is 7.63. The molecule has 6 heteroatoms. The second-order valence-electron chi connectivity index (χ2n) is 7.63. The van der Waals surface area contributed by atoms with Crippen molar-refractivity contribution in [1.82, 2.24) is 20.2 Å². The molecule has 0 aliphatic carbocycles. The first-order chi connectivity index (χ1) is 14.2. The smallest absolute Gasteiger partial charge is 0.258 e. The summed E-state index contributed by atoms with van der Waals surface area (Å²) in [6.07, 6.45) is 3.11. The molecule has 2 aromatic carbocycles. The van der Waals surface area contributed by atoms with Crippen LogP contribution in [0.1, 0.15) is 30.7 Å². The number of hydrogen-bond acceptors (Lipinski definition) is 4. The van der Waals surface area contributed by atoms with Gasteiger partial charge in [0.1, 0.15) is 5.82 Å². The van der Waals surface area contributed by atoms with E-state index in [0.717, 1.165) is 37.9 Å². The molecule has 0 unspecified atom stereocenters. The van der Waals surface area contributed by atoms with E-state index in [4.69, 9.17) is 0 Å². The van der Waals surface area contributed by atoms with Crippen LogP contribution in [-0.2, 0) is 17.8 Å². The maximum absolute atomic E-state index is 12.2. The fourth-order valence-corrected chi connectivity index (χ4v) is 3.86. The van der Waals surface area contributed by atoms with Gasteiger partial charge in [0.2, 0.25) is 5.91 Å². The number of fused-ring (bicyclic) bond motifs is 1. The summed E-state index contributed by atoms with van der Waals surface area (Å²) in [5.41, 5.74) is 1.83. The predicted octanol–water partition coefficient (Wildman–Crippen LogP) is 2.64. The lowest BCUT2D eigenvalue weighted by molar-refractivity contribution is -0.122. The molecular formula is C23H26N4O2. The van der Waals surface area contributed by atoms with Gasteiger partial charge in [-0.2, -0.15) is 0 Å². The minimum atomic E-state index is -0.0915. The second kappa shape index (κ2) is 9.01. The quantitative estimate of drug-likeness (QED) is 0.678. The molecule has 2 N–H and O–H groups in total. The average molecular weight is 390 g/mol. The third-order valence-corrected chi connectivity index (χ3v) is 5.47. The maximum atomic E-state index is 12.2. The molecule has 1 amide bonds. The van der Waals surface area contributed by atoms with Crippen LogP contribution in [0.2, 0.25) is 0 Å². The molecule has 3 aromatic rings. The van der Waals surface area contributed by atoms with Crippen molar-refractivity contribution in [3.63, 3.8) is 0 Å². The van der Waals surface area contributed by atoms with E-state index in [2.05, 4.69) is 32.3 Å². The Labute approximate surface area is 170 Å². The molecular weight excluding hydrogens is 364 g/mol. The number of carbonyl (C=O) groups is 1. The summed E-state index contributed by atoms with van der Waals surface area (Å²) in [5, 5.41) is 3.79. The highest BCUT2D eigenvalue weighted by Crippen LogP contribution is 2.14. The number of para-hydroxylation sites is 1. The number of nitrogens with zero attached hydrogens (tertiary/aromatic N) is 2. The van der Waals surface area contributed by atoms with Crippen molar-refractivity contribution in [1.29, 1.82) is 0 Å². The van der Waals surface area contributed by atoms with Gasteiger partial charge in [-0.15, -0.1) is 0 Å². The van der Waals surface area contributed by atoms with Crippen LogP contribution in [0.15, 0.2) is 59.4 Å². The summed E-state index contributed by atoms with van der Waals surface area (Å²) >= 11 is 0. The van der Waals surface area contributed by atoms with Gasteiger partial charge in [-0.05, 0) is 37.0 Å². The van der Waals surface area contributed by atoms with Crippen LogP contribution >= 0.6 is 0 Å². The third-order valence-electron chi connectivity index (χ3n) is 5.47. The van der Waals surface area contributed by atoms with Crippen molar-refractivity contribution < 1.29 is 4.79 Å². The number of H-pyrrole nitrogens is 1. The Morgan fingerprint density at radius 3 is 2.59 bits per heavy atom. The van der Waals surface area contributed by atoms with E-state index in [9.17, 15) is 9.59 Å². The number of aryl methyl sites for hydroxylation is 1. The molecule has 1 aromatic heterocycles. The van der Waals surface area contributed by atoms with Gasteiger partial charge in [0, 0.05) is 25.6 Å². The van der Waals surface area contributed by atoms with Crippen LogP contribution in [0.4, 0.5) is 0 Å². The molecule has 6 nitrogen and oxygen atoms in total. The van der Waals surface area contributed by atoms with Gasteiger partial charge in [-0.25, -0.2) is 4.98 Å². The fraction of sp³-hybridized carbons (Fsp3) is 0.348. The summed E-state index contributed by atoms with van der Waals surface area (Å²) in [4.78, 5) is 34.2. The van der Waals surface area contributed by atoms with Crippen molar-refractivity contribution in [2.75, 3.05) is 13.1 Å². The van der Waals surface area contributed by atoms with E-state index in [1.54, 1.807) is 6.07 Å². The molecule has 0 saturated carbocycles. The fourth-order valence-electron chi connectivity index (χ4n) is 3.86. The molecule has 0 bridgehead atoms. The summed E-state index contributed by atoms with van der Waals surface area (Å²) in [7, 11) is 0. The Bertz CT molecular complexity index is 1020. The zero-order chi connectivity index (χ0) is 20.1. The van der Waals surface area contributed by atoms with Crippen LogP contribution in [-0.4, -0.2) is 39.9 Å². The third kappa shape index (κ3) is 5.09. The van der Waals surface area contributed by atoms with E-state index in [0.29, 0.717) is 24.2 Å². The Hall–Kier alpha value is -2.99. The number of hydrogen-bond donors (Lipinski definition) is 2. The van der Waals surface area contributed by atoms with E-state index < -0.39 is 0 Å². The SMILES string of the molecule is O=C(CCc1ccccc1)NC1CCN(Cc2nc3ccccc3c(=O)[nH]2)CC1. The number of amides is 1. The first-order valence-electron chi connectivity index (χ1n) is 10.2. The summed E-state index contributed by atoms with van der Waals surface area (Å²) in [6, 6.07) is 17.7. The number of aromatic amines is 1. The van der Waals surface area contributed by atoms with Crippen LogP contribution in [0.3, 0.4) is 0 Å². The molecule has 150 valence electrons. The molecule has 1 saturated heterocycles. The molecule has 2 heterocycles. The summed E-state index contributed by atoms with van der Waals surface area (Å²) < 4.78 is 0. The zero-order valence-corrected chi connectivity index (χ0v) is 16.4. The molecule has 1 aliphatic heterocycles. The van der Waals surface area contributed by atoms with Crippen molar-refractivity contribution >= 4 is 16.8 Å². The van der Waals surface area contributed by atoms with Crippen molar-refractivity contribution in [3.8, 4) is 0 Å². The highest BCUT2D eigenvalue weighted by atomic mass is 16.1. The van der Waals surface area contributed by atoms with Crippen LogP contribution in [0.5, 0.6) is 0 Å². The molecule has 0 radical (unpaired) electrons. The maximum Gasteiger partial charge on any atom is 0.258 e. The molecule has 1 aliphatic rings. The number of likely N-dealkylation sites (tertiary alicyclic amines) is 1. The van der Waals surface area contributed by atoms with Crippen molar-refractivity contribution in [3.05, 3.63) is 76.3 Å². The van der Waals surface area contributed by atoms with Crippen LogP contribution in [0, 0.1) is 0 Å². The highest BCUT2D eigenvalue weighted by Gasteiger charge is 2.21. The largest absolute Gasteiger partial charge is 0.353 e. The number of rotatable bonds is 6. The Balaban J connectivity index is 1.25. The minimum absolute atomic E-state index is 0.0915. The molecule has 1 fully saturated rings. The zero-order valence-electron chi connectivity index (χ0n) is 16.4. The number of aromatic nitrogens is 2. The highest BCUT2D eigenvalue weighted by molar-refractivity contribution is 5.77. The summed E-state index contributed by atoms with van der Waals surface area (Å²) in [5.74, 6) is 0.812. The van der Waals surface area contributed by atoms with Gasteiger partial charge in [-0.3, -0.25) is 14.5 Å². The molecule has 4 rings (SSSR count). The number of nitrogens with one attached hydrogen (secondary N) is 2. The van der Waals surface area contributed by atoms with Gasteiger partial charge >= 0.3 is 0 Å². The first kappa shape index (κ1) is 19.3. The number of benzene rings is 2. The first-order valence-corrected chi connectivity index (χ1v) is 10.2. The van der Waals surface area contributed by atoms with Gasteiger partial charge in [0.05, 0.1) is 17.4 Å². The Morgan fingerprint density at radius 1 is 1.07 bits per heavy atom. The summed E-state index contributed by atoms with van der Waals surface area (Å²) in [6.45, 7) is 2.37. The number of carbonyl (C=O) groups excluding carboxylic acids is 1. The van der Waals surface area contributed by atoms with Crippen molar-refractivity contribution in [2.24, 2.45) is 0 Å². The topological polar surface area (TPSA) is 78.1 Å². The lowest BCUT2D eigenvalue weighted by atomic mass is 10.0. The minimum Gasteiger partial charge on any atom is -0.353 e. The van der Waals surface area contributed by atoms with Crippen LogP contribution < -0.4 is 10.9 Å². The van der Waals surface area contributed by atoms with Crippen LogP contribution in [0.25, 0.3) is 10.9 Å². The average Bonchev–Trinajstić information content (AvgIpc) is 2.74. The monoisotopic (exact) mass is 390 g/mol. The van der Waals surface area contributed by atoms with Gasteiger partial charge < -0.3 is 10.3 Å². The van der Waals surface area contributed by atoms with E-state index in [1.807, 2.05) is 36.4 Å². The predicted molar refractivity (Wildman–Crippen MR) is 114 cm³/mol. The van der Waals surface area contributed by atoms with Gasteiger partial charge in [0.15, 0.2) is 0 Å². The molecule has 0 atom stereocenters. The van der Waals surface area contributed by atoms with E-state index >= 15 is 0 Å². The normalized spacial score (nSPS) is 15.4.